The molecule has 0 unspecified atom stereocenters. The molecule has 0 spiro atoms. The van der Waals surface area contributed by atoms with Gasteiger partial charge in [0, 0.05) is 5.41 Å². The van der Waals surface area contributed by atoms with Gasteiger partial charge in [0.1, 0.15) is 5.41 Å². The van der Waals surface area contributed by atoms with E-state index < -0.39 is 13.7 Å². The van der Waals surface area contributed by atoms with E-state index in [4.69, 9.17) is 9.96 Å². The molecule has 0 bridgehead atoms. The van der Waals surface area contributed by atoms with Crippen LogP contribution in [0.2, 0.25) is 18.1 Å². The van der Waals surface area contributed by atoms with Crippen molar-refractivity contribution in [3.63, 3.8) is 0 Å². The highest BCUT2D eigenvalue weighted by molar-refractivity contribution is 6.74. The summed E-state index contributed by atoms with van der Waals surface area (Å²) in [6.07, 6.45) is 8.18. The predicted octanol–water partition coefficient (Wildman–Crippen LogP) is 5.76. The van der Waals surface area contributed by atoms with Gasteiger partial charge in [0.05, 0.1) is 5.60 Å². The first-order valence-electron chi connectivity index (χ1n) is 12.2. The van der Waals surface area contributed by atoms with Crippen molar-refractivity contribution in [2.75, 3.05) is 0 Å². The minimum absolute atomic E-state index is 0.0544. The number of hydrogen-bond acceptors (Lipinski definition) is 3. The van der Waals surface area contributed by atoms with Crippen molar-refractivity contribution in [3.8, 4) is 0 Å². The van der Waals surface area contributed by atoms with Gasteiger partial charge in [-0.15, -0.1) is 0 Å². The Hall–Kier alpha value is -1.36. The smallest absolute Gasteiger partial charge is 0.324 e. The normalized spacial score (nSPS) is 43.2. The Bertz CT molecular complexity index is 959. The first-order chi connectivity index (χ1) is 14.6. The maximum atomic E-state index is 13.5. The van der Waals surface area contributed by atoms with Crippen molar-refractivity contribution in [3.05, 3.63) is 17.2 Å². The van der Waals surface area contributed by atoms with Crippen molar-refractivity contribution in [2.45, 2.75) is 104 Å². The number of Topliss-reactive ketones (excluding diaryl/α,β-unsaturated/α-hetero) is 2. The molecular weight excluding hydrogens is 416 g/mol. The van der Waals surface area contributed by atoms with E-state index >= 15 is 0 Å². The van der Waals surface area contributed by atoms with Crippen LogP contribution in [0.1, 0.15) is 80.1 Å². The molecule has 4 rings (SSSR count). The molecule has 6 atom stereocenters. The number of rotatable bonds is 4. The second kappa shape index (κ2) is 6.83. The number of nitrogens with zero attached hydrogens (tertiary/aromatic N) is 2. The fourth-order valence-corrected chi connectivity index (χ4v) is 9.50. The van der Waals surface area contributed by atoms with Crippen LogP contribution < -0.4 is 0 Å². The molecule has 3 fully saturated rings. The van der Waals surface area contributed by atoms with Crippen LogP contribution in [0.15, 0.2) is 11.6 Å². The standard InChI is InChI=1S/C26H40N2O3Si/c1-17-9-10-19-23(5)13-14-25(31-32(7,8)22(2,3)4)16-24(25,6)18(23)11-12-26(19,21(17)30)20(29)15-28-27/h9,15,18-19H,10-14,16H2,1-8H3/t18-,19-,23+,24+,25-,26-/m1/s1. The molecule has 32 heavy (non-hydrogen) atoms. The summed E-state index contributed by atoms with van der Waals surface area (Å²) in [5, 5.41) is 0.169. The summed E-state index contributed by atoms with van der Waals surface area (Å²) in [5.41, 5.74) is 8.62. The molecule has 0 saturated heterocycles. The largest absolute Gasteiger partial charge is 0.411 e. The van der Waals surface area contributed by atoms with Gasteiger partial charge in [0.2, 0.25) is 5.78 Å². The number of allylic oxidation sites excluding steroid dienone is 2. The van der Waals surface area contributed by atoms with E-state index in [0.29, 0.717) is 17.9 Å². The average molecular weight is 457 g/mol. The molecule has 0 radical (unpaired) electrons. The molecular formula is C26H40N2O3Si. The maximum absolute atomic E-state index is 13.5. The first-order valence-corrected chi connectivity index (χ1v) is 15.2. The van der Waals surface area contributed by atoms with Gasteiger partial charge in [-0.1, -0.05) is 40.7 Å². The fourth-order valence-electron chi connectivity index (χ4n) is 7.81. The zero-order chi connectivity index (χ0) is 24.0. The van der Waals surface area contributed by atoms with E-state index in [2.05, 4.69) is 52.5 Å². The minimum Gasteiger partial charge on any atom is -0.411 e. The van der Waals surface area contributed by atoms with Gasteiger partial charge >= 0.3 is 6.21 Å². The molecule has 4 aliphatic carbocycles. The molecule has 0 heterocycles. The van der Waals surface area contributed by atoms with Gasteiger partial charge in [-0.05, 0) is 86.4 Å². The topological polar surface area (TPSA) is 79.8 Å². The molecule has 5 nitrogen and oxygen atoms in total. The van der Waals surface area contributed by atoms with Crippen molar-refractivity contribution in [1.29, 1.82) is 0 Å². The number of carbonyl (C=O) groups excluding carboxylic acids is 2. The summed E-state index contributed by atoms with van der Waals surface area (Å²) in [7, 11) is -1.91. The fraction of sp³-hybridized carbons (Fsp3) is 0.808. The molecule has 0 amide bonds. The van der Waals surface area contributed by atoms with Gasteiger partial charge in [-0.3, -0.25) is 9.59 Å². The third-order valence-corrected chi connectivity index (χ3v) is 15.2. The van der Waals surface area contributed by atoms with Crippen LogP contribution in [0.5, 0.6) is 0 Å². The minimum atomic E-state index is -1.91. The molecule has 0 aliphatic heterocycles. The first kappa shape index (κ1) is 23.8. The van der Waals surface area contributed by atoms with Crippen LogP contribution in [0.4, 0.5) is 0 Å². The number of fused-ring (bicyclic) bond motifs is 5. The quantitative estimate of drug-likeness (QED) is 0.177. The van der Waals surface area contributed by atoms with E-state index in [0.717, 1.165) is 38.3 Å². The zero-order valence-corrected chi connectivity index (χ0v) is 22.2. The van der Waals surface area contributed by atoms with E-state index in [1.54, 1.807) is 0 Å². The molecule has 4 aliphatic rings. The molecule has 0 N–H and O–H groups in total. The Morgan fingerprint density at radius 2 is 1.88 bits per heavy atom. The summed E-state index contributed by atoms with van der Waals surface area (Å²) in [4.78, 5) is 29.8. The second-order valence-corrected chi connectivity index (χ2v) is 17.9. The Morgan fingerprint density at radius 1 is 1.22 bits per heavy atom. The van der Waals surface area contributed by atoms with E-state index in [9.17, 15) is 9.59 Å². The summed E-state index contributed by atoms with van der Waals surface area (Å²) in [5.74, 6) is -0.0186. The molecule has 0 aromatic heterocycles. The van der Waals surface area contributed by atoms with Crippen LogP contribution in [-0.4, -0.2) is 36.5 Å². The van der Waals surface area contributed by atoms with Gasteiger partial charge < -0.3 is 9.96 Å². The van der Waals surface area contributed by atoms with E-state index in [-0.39, 0.29) is 39.0 Å². The Balaban J connectivity index is 1.73. The number of ketones is 2. The maximum Gasteiger partial charge on any atom is 0.324 e. The highest BCUT2D eigenvalue weighted by Gasteiger charge is 2.78. The number of carbonyl (C=O) groups is 2. The molecule has 0 aromatic carbocycles. The molecule has 176 valence electrons. The number of hydrogen-bond donors (Lipinski definition) is 0. The Morgan fingerprint density at radius 3 is 2.47 bits per heavy atom. The lowest BCUT2D eigenvalue weighted by Crippen LogP contribution is -2.62. The van der Waals surface area contributed by atoms with Crippen LogP contribution in [0.3, 0.4) is 0 Å². The summed E-state index contributed by atoms with van der Waals surface area (Å²) in [6, 6.07) is 0. The lowest BCUT2D eigenvalue weighted by Gasteiger charge is -2.61. The average Bonchev–Trinajstić information content (AvgIpc) is 3.27. The highest BCUT2D eigenvalue weighted by Crippen LogP contribution is 2.78. The predicted molar refractivity (Wildman–Crippen MR) is 128 cm³/mol. The van der Waals surface area contributed by atoms with Crippen LogP contribution >= 0.6 is 0 Å². The van der Waals surface area contributed by atoms with E-state index in [1.807, 2.05) is 13.0 Å². The highest BCUT2D eigenvalue weighted by atomic mass is 28.4. The van der Waals surface area contributed by atoms with Crippen molar-refractivity contribution >= 4 is 26.1 Å². The molecule has 6 heteroatoms. The summed E-state index contributed by atoms with van der Waals surface area (Å²) < 4.78 is 7.13. The van der Waals surface area contributed by atoms with Gasteiger partial charge in [0.15, 0.2) is 14.1 Å². The van der Waals surface area contributed by atoms with Crippen LogP contribution in [0, 0.1) is 28.1 Å². The van der Waals surface area contributed by atoms with Crippen molar-refractivity contribution < 1.29 is 18.8 Å². The third-order valence-electron chi connectivity index (χ3n) is 10.7. The van der Waals surface area contributed by atoms with Crippen LogP contribution in [-0.2, 0) is 14.0 Å². The monoisotopic (exact) mass is 456 g/mol. The summed E-state index contributed by atoms with van der Waals surface area (Å²) >= 11 is 0. The molecule has 0 aromatic rings. The zero-order valence-electron chi connectivity index (χ0n) is 21.2. The van der Waals surface area contributed by atoms with Crippen LogP contribution in [0.25, 0.3) is 5.53 Å². The molecule has 3 saturated carbocycles. The third kappa shape index (κ3) is 2.85. The summed E-state index contributed by atoms with van der Waals surface area (Å²) in [6.45, 7) is 18.1. The van der Waals surface area contributed by atoms with E-state index in [1.165, 1.54) is 0 Å². The SMILES string of the molecule is CC1=CC[C@H]2[C@@](C(=O)C=[N+]=[N-])(CC[C@@H]3[C@]2(C)CC[C@@]2(O[Si](C)(C)C(C)(C)C)C[C@@]32C)C1=O. The second-order valence-electron chi connectivity index (χ2n) is 13.1. The Kier molecular flexibility index (Phi) is 5.08. The Labute approximate surface area is 194 Å². The lowest BCUT2D eigenvalue weighted by molar-refractivity contribution is -0.166. The van der Waals surface area contributed by atoms with Crippen molar-refractivity contribution in [1.82, 2.24) is 0 Å². The lowest BCUT2D eigenvalue weighted by atomic mass is 9.42. The van der Waals surface area contributed by atoms with Gasteiger partial charge in [-0.25, -0.2) is 0 Å². The van der Waals surface area contributed by atoms with Gasteiger partial charge in [-0.2, -0.15) is 4.79 Å². The van der Waals surface area contributed by atoms with Gasteiger partial charge in [0.25, 0.3) is 0 Å². The van der Waals surface area contributed by atoms with Crippen molar-refractivity contribution in [2.24, 2.45) is 28.1 Å².